The highest BCUT2D eigenvalue weighted by molar-refractivity contribution is 7.91. The highest BCUT2D eigenvalue weighted by atomic mass is 35.5. The van der Waals surface area contributed by atoms with Crippen LogP contribution in [0.15, 0.2) is 16.3 Å². The molecule has 1 N–H and O–H groups in total. The van der Waals surface area contributed by atoms with Crippen LogP contribution in [0.3, 0.4) is 0 Å². The molecular formula is C14H21Cl2N3O3S2. The number of carbonyl (C=O) groups excluding carboxylic acids is 1. The molecule has 2 fully saturated rings. The second-order valence-electron chi connectivity index (χ2n) is 5.92. The first-order valence-electron chi connectivity index (χ1n) is 7.71. The van der Waals surface area contributed by atoms with Crippen LogP contribution >= 0.6 is 35.3 Å². The van der Waals surface area contributed by atoms with Crippen molar-refractivity contribution in [3.63, 3.8) is 0 Å². The molecule has 3 rings (SSSR count). The van der Waals surface area contributed by atoms with Gasteiger partial charge in [-0.3, -0.25) is 4.79 Å². The van der Waals surface area contributed by atoms with Gasteiger partial charge < -0.3 is 10.2 Å². The Morgan fingerprint density at radius 3 is 2.46 bits per heavy atom. The van der Waals surface area contributed by atoms with Crippen LogP contribution in [0.2, 0.25) is 4.34 Å². The fourth-order valence-electron chi connectivity index (χ4n) is 2.56. The zero-order valence-corrected chi connectivity index (χ0v) is 16.3. The molecule has 24 heavy (non-hydrogen) atoms. The van der Waals surface area contributed by atoms with Crippen LogP contribution in [0.25, 0.3) is 0 Å². The number of hydrogen-bond acceptors (Lipinski definition) is 5. The Bertz CT molecular complexity index is 669. The zero-order valence-electron chi connectivity index (χ0n) is 13.1. The Labute approximate surface area is 157 Å². The van der Waals surface area contributed by atoms with Crippen molar-refractivity contribution in [2.45, 2.75) is 17.1 Å². The van der Waals surface area contributed by atoms with Gasteiger partial charge in [0.2, 0.25) is 5.91 Å². The predicted octanol–water partition coefficient (Wildman–Crippen LogP) is 1.66. The summed E-state index contributed by atoms with van der Waals surface area (Å²) in [5, 5.41) is 3.18. The molecule has 6 nitrogen and oxygen atoms in total. The summed E-state index contributed by atoms with van der Waals surface area (Å²) in [5.41, 5.74) is 0. The lowest BCUT2D eigenvalue weighted by atomic mass is 10.3. The number of carbonyl (C=O) groups is 1. The van der Waals surface area contributed by atoms with E-state index in [4.69, 9.17) is 11.6 Å². The summed E-state index contributed by atoms with van der Waals surface area (Å²) >= 11 is 6.88. The fraction of sp³-hybridized carbons (Fsp3) is 0.643. The van der Waals surface area contributed by atoms with Crippen molar-refractivity contribution in [1.82, 2.24) is 14.5 Å². The third-order valence-electron chi connectivity index (χ3n) is 4.14. The van der Waals surface area contributed by atoms with Gasteiger partial charge in [0.15, 0.2) is 0 Å². The molecule has 1 saturated carbocycles. The summed E-state index contributed by atoms with van der Waals surface area (Å²) in [4.78, 5) is 13.8. The normalized spacial score (nSPS) is 19.1. The molecule has 10 heteroatoms. The first-order chi connectivity index (χ1) is 11.0. The average Bonchev–Trinajstić information content (AvgIpc) is 3.25. The maximum absolute atomic E-state index is 12.5. The SMILES string of the molecule is Cl.O=C(CNCC1CC1)N1CCN(S(=O)(=O)c2ccc(Cl)s2)CC1. The molecule has 0 aromatic carbocycles. The van der Waals surface area contributed by atoms with Gasteiger partial charge in [0.05, 0.1) is 10.9 Å². The number of hydrogen-bond donors (Lipinski definition) is 1. The number of amides is 1. The van der Waals surface area contributed by atoms with Crippen molar-refractivity contribution in [2.75, 3.05) is 39.3 Å². The first kappa shape index (κ1) is 19.9. The molecule has 1 aromatic heterocycles. The van der Waals surface area contributed by atoms with E-state index >= 15 is 0 Å². The molecule has 0 spiro atoms. The Hall–Kier alpha value is -0.380. The van der Waals surface area contributed by atoms with E-state index in [2.05, 4.69) is 5.32 Å². The van der Waals surface area contributed by atoms with Gasteiger partial charge in [0.1, 0.15) is 4.21 Å². The van der Waals surface area contributed by atoms with Gasteiger partial charge in [-0.05, 0) is 37.4 Å². The Balaban J connectivity index is 0.00000208. The van der Waals surface area contributed by atoms with Crippen LogP contribution < -0.4 is 5.32 Å². The van der Waals surface area contributed by atoms with Crippen molar-refractivity contribution in [3.8, 4) is 0 Å². The third kappa shape index (κ3) is 4.83. The third-order valence-corrected chi connectivity index (χ3v) is 7.74. The van der Waals surface area contributed by atoms with Crippen molar-refractivity contribution in [3.05, 3.63) is 16.5 Å². The summed E-state index contributed by atoms with van der Waals surface area (Å²) in [7, 11) is -3.50. The average molecular weight is 414 g/mol. The van der Waals surface area contributed by atoms with E-state index in [1.807, 2.05) is 0 Å². The summed E-state index contributed by atoms with van der Waals surface area (Å²) in [6.45, 7) is 2.76. The van der Waals surface area contributed by atoms with Crippen LogP contribution in [-0.2, 0) is 14.8 Å². The van der Waals surface area contributed by atoms with Gasteiger partial charge >= 0.3 is 0 Å². The Kier molecular flexibility index (Phi) is 6.92. The van der Waals surface area contributed by atoms with Crippen LogP contribution in [0.4, 0.5) is 0 Å². The van der Waals surface area contributed by atoms with Crippen molar-refractivity contribution >= 4 is 51.3 Å². The minimum absolute atomic E-state index is 0. The van der Waals surface area contributed by atoms with E-state index in [-0.39, 0.29) is 22.5 Å². The first-order valence-corrected chi connectivity index (χ1v) is 10.3. The maximum Gasteiger partial charge on any atom is 0.252 e. The van der Waals surface area contributed by atoms with E-state index in [0.29, 0.717) is 37.1 Å². The molecule has 2 heterocycles. The van der Waals surface area contributed by atoms with Crippen LogP contribution in [0.1, 0.15) is 12.8 Å². The van der Waals surface area contributed by atoms with Crippen LogP contribution in [-0.4, -0.2) is 62.8 Å². The molecule has 1 aliphatic carbocycles. The van der Waals surface area contributed by atoms with E-state index < -0.39 is 10.0 Å². The van der Waals surface area contributed by atoms with E-state index in [9.17, 15) is 13.2 Å². The molecule has 0 radical (unpaired) electrons. The number of nitrogens with one attached hydrogen (secondary N) is 1. The molecule has 1 amide bonds. The summed E-state index contributed by atoms with van der Waals surface area (Å²) in [6, 6.07) is 3.12. The van der Waals surface area contributed by atoms with Crippen LogP contribution in [0.5, 0.6) is 0 Å². The standard InChI is InChI=1S/C14H20ClN3O3S2.ClH/c15-12-3-4-14(22-12)23(20,21)18-7-5-17(6-8-18)13(19)10-16-9-11-1-2-11;/h3-4,11,16H,1-2,5-10H2;1H. The maximum atomic E-state index is 12.5. The summed E-state index contributed by atoms with van der Waals surface area (Å²) in [5.74, 6) is 0.782. The minimum atomic E-state index is -3.50. The molecule has 0 unspecified atom stereocenters. The molecule has 1 aliphatic heterocycles. The number of rotatable bonds is 6. The molecule has 1 saturated heterocycles. The lowest BCUT2D eigenvalue weighted by Gasteiger charge is -2.33. The van der Waals surface area contributed by atoms with Gasteiger partial charge in [-0.15, -0.1) is 23.7 Å². The van der Waals surface area contributed by atoms with Crippen molar-refractivity contribution < 1.29 is 13.2 Å². The smallest absolute Gasteiger partial charge is 0.252 e. The molecule has 2 aliphatic rings. The van der Waals surface area contributed by atoms with Gasteiger partial charge in [-0.2, -0.15) is 4.31 Å². The molecule has 0 bridgehead atoms. The highest BCUT2D eigenvalue weighted by Gasteiger charge is 2.31. The topological polar surface area (TPSA) is 69.7 Å². The molecule has 0 atom stereocenters. The zero-order chi connectivity index (χ0) is 16.4. The van der Waals surface area contributed by atoms with Crippen molar-refractivity contribution in [1.29, 1.82) is 0 Å². The summed E-state index contributed by atoms with van der Waals surface area (Å²) in [6.07, 6.45) is 2.51. The Morgan fingerprint density at radius 2 is 1.92 bits per heavy atom. The van der Waals surface area contributed by atoms with E-state index in [1.54, 1.807) is 11.0 Å². The van der Waals surface area contributed by atoms with E-state index in [0.717, 1.165) is 23.8 Å². The number of nitrogens with zero attached hydrogens (tertiary/aromatic N) is 2. The predicted molar refractivity (Wildman–Crippen MR) is 97.5 cm³/mol. The highest BCUT2D eigenvalue weighted by Crippen LogP contribution is 2.29. The van der Waals surface area contributed by atoms with Gasteiger partial charge in [-0.1, -0.05) is 11.6 Å². The van der Waals surface area contributed by atoms with Gasteiger partial charge in [0, 0.05) is 26.2 Å². The quantitative estimate of drug-likeness (QED) is 0.769. The largest absolute Gasteiger partial charge is 0.339 e. The van der Waals surface area contributed by atoms with Crippen molar-refractivity contribution in [2.24, 2.45) is 5.92 Å². The minimum Gasteiger partial charge on any atom is -0.339 e. The molecule has 1 aromatic rings. The van der Waals surface area contributed by atoms with E-state index in [1.165, 1.54) is 23.2 Å². The molecule has 136 valence electrons. The lowest BCUT2D eigenvalue weighted by Crippen LogP contribution is -2.52. The second kappa shape index (κ2) is 8.33. The number of thiophene rings is 1. The Morgan fingerprint density at radius 1 is 1.25 bits per heavy atom. The van der Waals surface area contributed by atoms with Gasteiger partial charge in [0.25, 0.3) is 10.0 Å². The fourth-order valence-corrected chi connectivity index (χ4v) is 5.62. The molecular weight excluding hydrogens is 393 g/mol. The lowest BCUT2D eigenvalue weighted by molar-refractivity contribution is -0.131. The summed E-state index contributed by atoms with van der Waals surface area (Å²) < 4.78 is 27.1. The number of piperazine rings is 1. The van der Waals surface area contributed by atoms with Crippen LogP contribution in [0, 0.1) is 5.92 Å². The number of sulfonamides is 1. The number of halogens is 2. The van der Waals surface area contributed by atoms with Gasteiger partial charge in [-0.25, -0.2) is 8.42 Å². The second-order valence-corrected chi connectivity index (χ2v) is 9.80. The monoisotopic (exact) mass is 413 g/mol.